The third-order valence-electron chi connectivity index (χ3n) is 2.26. The van der Waals surface area contributed by atoms with Crippen LogP contribution in [0.2, 0.25) is 12.1 Å². The fraction of sp³-hybridized carbons (Fsp3) is 0.429. The molecule has 0 spiro atoms. The van der Waals surface area contributed by atoms with Gasteiger partial charge in [0.1, 0.15) is 8.80 Å². The molecule has 0 aromatic heterocycles. The van der Waals surface area contributed by atoms with Crippen LogP contribution in [0, 0.1) is 11.5 Å². The lowest BCUT2D eigenvalue weighted by Gasteiger charge is -2.03. The van der Waals surface area contributed by atoms with Crippen molar-refractivity contribution in [3.05, 3.63) is 35.9 Å². The predicted molar refractivity (Wildman–Crippen MR) is 69.3 cm³/mol. The molecule has 79 valence electrons. The molecule has 0 heterocycles. The molecule has 1 radical (unpaired) electrons. The molecule has 1 rings (SSSR count). The number of hydrogen-bond acceptors (Lipinski definition) is 0. The number of hydrogen-bond donors (Lipinski definition) is 0. The molecule has 15 heavy (non-hydrogen) atoms. The van der Waals surface area contributed by atoms with Gasteiger partial charge in [-0.3, -0.25) is 0 Å². The lowest BCUT2D eigenvalue weighted by atomic mass is 10.2. The van der Waals surface area contributed by atoms with Crippen molar-refractivity contribution < 1.29 is 0 Å². The van der Waals surface area contributed by atoms with Crippen molar-refractivity contribution in [1.82, 2.24) is 0 Å². The maximum atomic E-state index is 3.49. The van der Waals surface area contributed by atoms with Gasteiger partial charge < -0.3 is 0 Å². The van der Waals surface area contributed by atoms with Crippen LogP contribution in [0.5, 0.6) is 0 Å². The highest BCUT2D eigenvalue weighted by atomic mass is 28.3. The van der Waals surface area contributed by atoms with Crippen LogP contribution in [-0.4, -0.2) is 8.80 Å². The van der Waals surface area contributed by atoms with Crippen molar-refractivity contribution >= 4 is 8.80 Å². The van der Waals surface area contributed by atoms with Crippen LogP contribution >= 0.6 is 0 Å². The van der Waals surface area contributed by atoms with E-state index in [1.165, 1.54) is 24.9 Å². The molecule has 0 amide bonds. The van der Waals surface area contributed by atoms with Crippen molar-refractivity contribution in [3.63, 3.8) is 0 Å². The van der Waals surface area contributed by atoms with Gasteiger partial charge in [-0.05, 0) is 24.2 Å². The summed E-state index contributed by atoms with van der Waals surface area (Å²) in [7, 11) is -0.405. The molecule has 0 aliphatic rings. The summed E-state index contributed by atoms with van der Waals surface area (Å²) in [5.41, 5.74) is 4.65. The Balaban J connectivity index is 2.60. The second-order valence-corrected chi connectivity index (χ2v) is 6.18. The molecule has 1 aromatic rings. The van der Waals surface area contributed by atoms with E-state index in [0.29, 0.717) is 0 Å². The number of benzene rings is 1. The summed E-state index contributed by atoms with van der Waals surface area (Å²) in [6, 6.07) is 13.0. The van der Waals surface area contributed by atoms with Crippen molar-refractivity contribution in [2.75, 3.05) is 0 Å². The largest absolute Gasteiger partial charge is 0.145 e. The van der Waals surface area contributed by atoms with Gasteiger partial charge in [0.15, 0.2) is 0 Å². The van der Waals surface area contributed by atoms with Crippen LogP contribution < -0.4 is 0 Å². The molecular formula is C14H19Si. The first-order chi connectivity index (χ1) is 7.36. The monoisotopic (exact) mass is 215 g/mol. The molecule has 0 nitrogen and oxygen atoms in total. The van der Waals surface area contributed by atoms with E-state index in [1.54, 1.807) is 0 Å². The fourth-order valence-corrected chi connectivity index (χ4v) is 3.56. The Bertz CT molecular complexity index is 312. The number of rotatable bonds is 4. The van der Waals surface area contributed by atoms with Crippen molar-refractivity contribution in [1.29, 1.82) is 0 Å². The molecule has 0 fully saturated rings. The fourth-order valence-electron chi connectivity index (χ4n) is 1.54. The van der Waals surface area contributed by atoms with E-state index in [2.05, 4.69) is 49.6 Å². The minimum atomic E-state index is -0.405. The highest BCUT2D eigenvalue weighted by molar-refractivity contribution is 6.67. The molecule has 0 saturated carbocycles. The van der Waals surface area contributed by atoms with Gasteiger partial charge in [-0.2, -0.15) is 0 Å². The van der Waals surface area contributed by atoms with Crippen LogP contribution in [-0.2, 0) is 0 Å². The molecule has 0 saturated heterocycles. The summed E-state index contributed by atoms with van der Waals surface area (Å²) in [5, 5.41) is 0. The Morgan fingerprint density at radius 2 is 1.60 bits per heavy atom. The summed E-state index contributed by atoms with van der Waals surface area (Å²) < 4.78 is 0. The average molecular weight is 215 g/mol. The summed E-state index contributed by atoms with van der Waals surface area (Å²) in [5.74, 6) is 3.31. The van der Waals surface area contributed by atoms with Gasteiger partial charge in [0.25, 0.3) is 0 Å². The Morgan fingerprint density at radius 1 is 1.00 bits per heavy atom. The highest BCUT2D eigenvalue weighted by Crippen LogP contribution is 2.05. The van der Waals surface area contributed by atoms with E-state index in [-0.39, 0.29) is 0 Å². The summed E-state index contributed by atoms with van der Waals surface area (Å²) in [6.07, 6.45) is 2.55. The SMILES string of the molecule is CCC[Si](C#Cc1ccccc1)CCC. The second kappa shape index (κ2) is 7.31. The van der Waals surface area contributed by atoms with Crippen molar-refractivity contribution in [2.45, 2.75) is 38.8 Å². The van der Waals surface area contributed by atoms with Gasteiger partial charge in [0.2, 0.25) is 0 Å². The third-order valence-corrected chi connectivity index (χ3v) is 4.95. The molecule has 0 atom stereocenters. The molecule has 1 aromatic carbocycles. The molecule has 0 aliphatic heterocycles. The van der Waals surface area contributed by atoms with Crippen LogP contribution in [0.15, 0.2) is 30.3 Å². The van der Waals surface area contributed by atoms with E-state index in [1.807, 2.05) is 6.07 Å². The second-order valence-electron chi connectivity index (χ2n) is 3.72. The van der Waals surface area contributed by atoms with Crippen LogP contribution in [0.4, 0.5) is 0 Å². The Labute approximate surface area is 95.3 Å². The lowest BCUT2D eigenvalue weighted by molar-refractivity contribution is 1.01. The van der Waals surface area contributed by atoms with E-state index < -0.39 is 8.80 Å². The maximum absolute atomic E-state index is 3.49. The van der Waals surface area contributed by atoms with E-state index >= 15 is 0 Å². The minimum absolute atomic E-state index is 0.405. The third kappa shape index (κ3) is 4.85. The molecular weight excluding hydrogens is 196 g/mol. The average Bonchev–Trinajstić information content (AvgIpc) is 2.28. The Hall–Kier alpha value is -1.00. The van der Waals surface area contributed by atoms with Crippen LogP contribution in [0.3, 0.4) is 0 Å². The van der Waals surface area contributed by atoms with Crippen molar-refractivity contribution in [2.24, 2.45) is 0 Å². The topological polar surface area (TPSA) is 0 Å². The predicted octanol–water partition coefficient (Wildman–Crippen LogP) is 3.89. The Morgan fingerprint density at radius 3 is 2.13 bits per heavy atom. The first kappa shape index (κ1) is 12.1. The van der Waals surface area contributed by atoms with Crippen molar-refractivity contribution in [3.8, 4) is 11.5 Å². The van der Waals surface area contributed by atoms with Gasteiger partial charge in [-0.15, -0.1) is 5.54 Å². The van der Waals surface area contributed by atoms with E-state index in [0.717, 1.165) is 5.56 Å². The summed E-state index contributed by atoms with van der Waals surface area (Å²) in [6.45, 7) is 4.51. The molecule has 0 N–H and O–H groups in total. The summed E-state index contributed by atoms with van der Waals surface area (Å²) >= 11 is 0. The standard InChI is InChI=1S/C14H19Si/c1-3-11-15(12-4-2)13-10-14-8-6-5-7-9-14/h5-9H,3-4,11-12H2,1-2H3. The minimum Gasteiger partial charge on any atom is -0.128 e. The smallest absolute Gasteiger partial charge is 0.128 e. The van der Waals surface area contributed by atoms with Crippen LogP contribution in [0.1, 0.15) is 32.3 Å². The maximum Gasteiger partial charge on any atom is 0.145 e. The van der Waals surface area contributed by atoms with Gasteiger partial charge in [-0.1, -0.05) is 50.8 Å². The normalized spacial score (nSPS) is 9.80. The van der Waals surface area contributed by atoms with Gasteiger partial charge in [0, 0.05) is 5.56 Å². The van der Waals surface area contributed by atoms with Gasteiger partial charge in [-0.25, -0.2) is 0 Å². The molecule has 0 aliphatic carbocycles. The van der Waals surface area contributed by atoms with Gasteiger partial charge in [0.05, 0.1) is 0 Å². The summed E-state index contributed by atoms with van der Waals surface area (Å²) in [4.78, 5) is 0. The first-order valence-corrected chi connectivity index (χ1v) is 7.70. The van der Waals surface area contributed by atoms with Crippen LogP contribution in [0.25, 0.3) is 0 Å². The van der Waals surface area contributed by atoms with E-state index in [9.17, 15) is 0 Å². The highest BCUT2D eigenvalue weighted by Gasteiger charge is 2.04. The zero-order chi connectivity index (χ0) is 10.9. The molecule has 0 unspecified atom stereocenters. The zero-order valence-electron chi connectivity index (χ0n) is 9.72. The van der Waals surface area contributed by atoms with E-state index in [4.69, 9.17) is 0 Å². The zero-order valence-corrected chi connectivity index (χ0v) is 10.7. The van der Waals surface area contributed by atoms with Gasteiger partial charge >= 0.3 is 0 Å². The lowest BCUT2D eigenvalue weighted by Crippen LogP contribution is -2.08. The molecule has 1 heteroatoms. The quantitative estimate of drug-likeness (QED) is 0.528. The Kier molecular flexibility index (Phi) is 5.88. The first-order valence-electron chi connectivity index (χ1n) is 5.78. The molecule has 0 bridgehead atoms.